The normalized spacial score (nSPS) is 15.2. The van der Waals surface area contributed by atoms with E-state index in [0.29, 0.717) is 27.9 Å². The second-order valence-electron chi connectivity index (χ2n) is 7.28. The molecule has 1 amide bonds. The van der Waals surface area contributed by atoms with Crippen LogP contribution in [0.25, 0.3) is 5.69 Å². The molecular weight excluding hydrogens is 436 g/mol. The zero-order valence-electron chi connectivity index (χ0n) is 17.0. The van der Waals surface area contributed by atoms with Crippen LogP contribution in [0.4, 0.5) is 5.00 Å². The topological polar surface area (TPSA) is 115 Å². The first-order valence-corrected chi connectivity index (χ1v) is 11.5. The van der Waals surface area contributed by atoms with Crippen molar-refractivity contribution in [1.29, 1.82) is 5.26 Å². The van der Waals surface area contributed by atoms with E-state index in [-0.39, 0.29) is 16.7 Å². The minimum atomic E-state index is -0.619. The maximum absolute atomic E-state index is 12.6. The Labute approximate surface area is 187 Å². The van der Waals surface area contributed by atoms with E-state index in [1.54, 1.807) is 31.4 Å². The first-order valence-electron chi connectivity index (χ1n) is 9.71. The van der Waals surface area contributed by atoms with Crippen LogP contribution in [0, 0.1) is 17.2 Å². The summed E-state index contributed by atoms with van der Waals surface area (Å²) < 4.78 is 11.3. The Bertz CT molecular complexity index is 1150. The molecule has 0 radical (unpaired) electrons. The number of thiophene rings is 1. The fraction of sp³-hybridized carbons (Fsp3) is 0.333. The number of hydrogen-bond acceptors (Lipinski definition) is 8. The van der Waals surface area contributed by atoms with Gasteiger partial charge in [-0.2, -0.15) is 5.26 Å². The highest BCUT2D eigenvalue weighted by Crippen LogP contribution is 2.39. The summed E-state index contributed by atoms with van der Waals surface area (Å²) in [4.78, 5) is 13.8. The molecule has 1 atom stereocenters. The molecule has 8 nitrogen and oxygen atoms in total. The quantitative estimate of drug-likeness (QED) is 0.448. The van der Waals surface area contributed by atoms with Gasteiger partial charge < -0.3 is 19.7 Å². The molecule has 31 heavy (non-hydrogen) atoms. The number of fused-ring (bicyclic) bond motifs is 1. The van der Waals surface area contributed by atoms with Gasteiger partial charge in [0.2, 0.25) is 11.6 Å². The lowest BCUT2D eigenvalue weighted by Gasteiger charge is -2.17. The third-order valence-electron chi connectivity index (χ3n) is 5.11. The molecule has 1 unspecified atom stereocenters. The molecule has 0 saturated carbocycles. The number of amides is 1. The number of anilines is 1. The van der Waals surface area contributed by atoms with Crippen molar-refractivity contribution >= 4 is 34.0 Å². The molecule has 10 heteroatoms. The summed E-state index contributed by atoms with van der Waals surface area (Å²) in [5.41, 5.74) is 2.24. The molecule has 0 bridgehead atoms. The van der Waals surface area contributed by atoms with Crippen LogP contribution >= 0.6 is 23.1 Å². The number of thioether (sulfide) groups is 1. The highest BCUT2D eigenvalue weighted by Gasteiger charge is 2.26. The van der Waals surface area contributed by atoms with Crippen LogP contribution in [0.2, 0.25) is 0 Å². The first kappa shape index (κ1) is 21.2. The fourth-order valence-corrected chi connectivity index (χ4v) is 5.64. The second-order valence-corrected chi connectivity index (χ2v) is 9.35. The summed E-state index contributed by atoms with van der Waals surface area (Å²) in [7, 11) is 1.57. The van der Waals surface area contributed by atoms with Gasteiger partial charge in [-0.15, -0.1) is 11.3 Å². The Kier molecular flexibility index (Phi) is 6.15. The lowest BCUT2D eigenvalue weighted by Crippen LogP contribution is -2.35. The van der Waals surface area contributed by atoms with Crippen LogP contribution in [0.15, 0.2) is 33.8 Å². The van der Waals surface area contributed by atoms with E-state index in [9.17, 15) is 15.2 Å². The smallest absolute Gasteiger partial charge is 0.298 e. The third-order valence-corrected chi connectivity index (χ3v) is 7.30. The predicted octanol–water partition coefficient (Wildman–Crippen LogP) is 2.82. The van der Waals surface area contributed by atoms with Crippen molar-refractivity contribution < 1.29 is 23.8 Å². The summed E-state index contributed by atoms with van der Waals surface area (Å²) in [5.74, 6) is 0.317. The van der Waals surface area contributed by atoms with Gasteiger partial charge in [0, 0.05) is 17.0 Å². The highest BCUT2D eigenvalue weighted by atomic mass is 32.2. The number of carbonyl (C=O) groups is 1. The van der Waals surface area contributed by atoms with E-state index >= 15 is 0 Å². The Morgan fingerprint density at radius 3 is 2.97 bits per heavy atom. The summed E-state index contributed by atoms with van der Waals surface area (Å²) in [6.07, 6.45) is 2.84. The van der Waals surface area contributed by atoms with Gasteiger partial charge in [0.05, 0.1) is 23.7 Å². The summed E-state index contributed by atoms with van der Waals surface area (Å²) in [6.45, 7) is 2.20. The number of rotatable bonds is 6. The molecule has 3 aromatic rings. The number of carbonyl (C=O) groups excluding carboxylic acids is 1. The second kappa shape index (κ2) is 8.99. The molecule has 0 aliphatic heterocycles. The van der Waals surface area contributed by atoms with Crippen LogP contribution < -0.4 is 19.8 Å². The van der Waals surface area contributed by atoms with Gasteiger partial charge in [-0.3, -0.25) is 4.79 Å². The molecule has 160 valence electrons. The molecule has 0 spiro atoms. The maximum atomic E-state index is 12.6. The lowest BCUT2D eigenvalue weighted by molar-refractivity contribution is -0.705. The number of nitriles is 1. The molecule has 2 heterocycles. The predicted molar refractivity (Wildman–Crippen MR) is 114 cm³/mol. The van der Waals surface area contributed by atoms with Gasteiger partial charge in [0.1, 0.15) is 16.8 Å². The van der Waals surface area contributed by atoms with Crippen molar-refractivity contribution in [3.05, 3.63) is 40.3 Å². The van der Waals surface area contributed by atoms with E-state index in [2.05, 4.69) is 23.6 Å². The fourth-order valence-electron chi connectivity index (χ4n) is 3.50. The van der Waals surface area contributed by atoms with E-state index in [4.69, 9.17) is 9.26 Å². The van der Waals surface area contributed by atoms with Crippen molar-refractivity contribution in [2.45, 2.75) is 31.2 Å². The molecule has 1 aromatic carbocycles. The molecule has 1 N–H and O–H groups in total. The average molecular weight is 457 g/mol. The van der Waals surface area contributed by atoms with Gasteiger partial charge in [0.15, 0.2) is 5.95 Å². The van der Waals surface area contributed by atoms with Crippen molar-refractivity contribution in [1.82, 2.24) is 5.27 Å². The van der Waals surface area contributed by atoms with Crippen LogP contribution in [-0.4, -0.2) is 24.0 Å². The first-order chi connectivity index (χ1) is 15.0. The molecule has 1 aliphatic rings. The molecular formula is C21H20N4O4S2. The number of methoxy groups -OCH3 is 1. The van der Waals surface area contributed by atoms with Crippen LogP contribution in [0.1, 0.15) is 29.3 Å². The molecule has 1 aliphatic carbocycles. The van der Waals surface area contributed by atoms with Crippen LogP contribution in [0.5, 0.6) is 11.7 Å². The molecule has 4 rings (SSSR count). The monoisotopic (exact) mass is 456 g/mol. The number of aromatic nitrogens is 2. The van der Waals surface area contributed by atoms with Gasteiger partial charge in [-0.05, 0) is 59.3 Å². The van der Waals surface area contributed by atoms with E-state index in [0.717, 1.165) is 36.6 Å². The average Bonchev–Trinajstić information content (AvgIpc) is 3.31. The minimum Gasteiger partial charge on any atom is -0.538 e. The third kappa shape index (κ3) is 4.38. The number of ether oxygens (including phenoxy) is 1. The number of nitrogens with one attached hydrogen (secondary N) is 1. The van der Waals surface area contributed by atoms with Crippen LogP contribution in [0.3, 0.4) is 0 Å². The van der Waals surface area contributed by atoms with E-state index < -0.39 is 5.95 Å². The number of benzene rings is 1. The summed E-state index contributed by atoms with van der Waals surface area (Å²) in [6, 6.07) is 9.20. The zero-order chi connectivity index (χ0) is 22.0. The molecule has 0 saturated heterocycles. The summed E-state index contributed by atoms with van der Waals surface area (Å²) >= 11 is 2.51. The lowest BCUT2D eigenvalue weighted by atomic mass is 9.89. The van der Waals surface area contributed by atoms with Crippen LogP contribution in [-0.2, 0) is 17.6 Å². The summed E-state index contributed by atoms with van der Waals surface area (Å²) in [5, 5.41) is 29.1. The minimum absolute atomic E-state index is 0.0174. The zero-order valence-corrected chi connectivity index (χ0v) is 18.6. The Morgan fingerprint density at radius 1 is 1.48 bits per heavy atom. The van der Waals surface area contributed by atoms with E-state index in [1.807, 2.05) is 0 Å². The van der Waals surface area contributed by atoms with Gasteiger partial charge in [0.25, 0.3) is 5.03 Å². The van der Waals surface area contributed by atoms with Crippen molar-refractivity contribution in [2.75, 3.05) is 18.2 Å². The Hall–Kier alpha value is -3.03. The van der Waals surface area contributed by atoms with Gasteiger partial charge >= 0.3 is 0 Å². The maximum Gasteiger partial charge on any atom is 0.298 e. The van der Waals surface area contributed by atoms with Gasteiger partial charge in [-0.1, -0.05) is 6.92 Å². The molecule has 2 aromatic heterocycles. The van der Waals surface area contributed by atoms with E-state index in [1.165, 1.54) is 20.9 Å². The van der Waals surface area contributed by atoms with Crippen molar-refractivity contribution in [2.24, 2.45) is 5.92 Å². The van der Waals surface area contributed by atoms with Crippen molar-refractivity contribution in [3.63, 3.8) is 0 Å². The SMILES string of the molecule is COc1ccc(-[n+]2noc([O-])c2SCC(=O)Nc2sc3c(c2C#N)CCC(C)C3)cc1. The largest absolute Gasteiger partial charge is 0.538 e. The number of nitrogens with zero attached hydrogens (tertiary/aromatic N) is 3. The molecule has 0 fully saturated rings. The standard InChI is InChI=1S/C21H20N4O4S2/c1-12-3-8-15-16(10-22)19(31-17(15)9-12)23-18(26)11-30-20-21(27)29-24-25(20)13-4-6-14(28-2)7-5-13/h4-7,12H,3,8-9,11H2,1-2H3,(H-,23,24,26,27). The Morgan fingerprint density at radius 2 is 2.26 bits per heavy atom. The Balaban J connectivity index is 1.47. The number of hydrogen-bond donors (Lipinski definition) is 1. The van der Waals surface area contributed by atoms with Gasteiger partial charge in [-0.25, -0.2) is 0 Å². The van der Waals surface area contributed by atoms with Crippen molar-refractivity contribution in [3.8, 4) is 23.5 Å². The highest BCUT2D eigenvalue weighted by molar-refractivity contribution is 7.99.